The van der Waals surface area contributed by atoms with Gasteiger partial charge < -0.3 is 46.8 Å². The van der Waals surface area contributed by atoms with E-state index in [2.05, 4.69) is 31.9 Å². The van der Waals surface area contributed by atoms with Crippen LogP contribution < -0.4 is 31.9 Å². The first-order valence-electron chi connectivity index (χ1n) is 20.0. The van der Waals surface area contributed by atoms with Gasteiger partial charge in [-0.2, -0.15) is 0 Å². The molecule has 1 fully saturated rings. The van der Waals surface area contributed by atoms with Gasteiger partial charge in [0.25, 0.3) is 0 Å². The molecule has 0 bridgehead atoms. The van der Waals surface area contributed by atoms with Gasteiger partial charge in [0, 0.05) is 26.9 Å². The number of hydrogen-bond acceptors (Lipinski definition) is 9. The largest absolute Gasteiger partial charge is 0.391 e. The molecule has 1 aliphatic heterocycles. The van der Waals surface area contributed by atoms with E-state index in [0.717, 1.165) is 4.90 Å². The topological polar surface area (TPSA) is 235 Å². The summed E-state index contributed by atoms with van der Waals surface area (Å²) < 4.78 is 0. The number of nitrogens with one attached hydrogen (secondary N) is 6. The van der Waals surface area contributed by atoms with Crippen LogP contribution in [-0.4, -0.2) is 132 Å². The molecule has 0 aromatic heterocycles. The smallest absolute Gasteiger partial charge is 0.245 e. The Kier molecular flexibility index (Phi) is 18.5. The van der Waals surface area contributed by atoms with Crippen molar-refractivity contribution in [1.29, 1.82) is 0 Å². The van der Waals surface area contributed by atoms with Crippen LogP contribution in [0, 0.1) is 11.8 Å². The molecule has 3 rings (SSSR count). The van der Waals surface area contributed by atoms with Crippen molar-refractivity contribution in [2.75, 3.05) is 33.7 Å². The molecule has 0 unspecified atom stereocenters. The van der Waals surface area contributed by atoms with Crippen LogP contribution in [0.15, 0.2) is 60.7 Å². The van der Waals surface area contributed by atoms with Crippen LogP contribution in [0.3, 0.4) is 0 Å². The minimum atomic E-state index is -1.53. The van der Waals surface area contributed by atoms with E-state index in [1.807, 2.05) is 6.92 Å². The Balaban J connectivity index is 2.06. The molecule has 17 heteroatoms. The van der Waals surface area contributed by atoms with Crippen molar-refractivity contribution >= 4 is 47.3 Å². The van der Waals surface area contributed by atoms with Crippen LogP contribution >= 0.6 is 0 Å². The molecule has 1 aliphatic rings. The minimum absolute atomic E-state index is 0.0378. The third-order valence-electron chi connectivity index (χ3n) is 10.6. The summed E-state index contributed by atoms with van der Waals surface area (Å²) in [6.07, 6.45) is -0.459. The van der Waals surface area contributed by atoms with Crippen molar-refractivity contribution in [3.8, 4) is 0 Å². The monoisotopic (exact) mass is 820 g/mol. The number of aliphatic hydroxyl groups is 1. The fourth-order valence-electron chi connectivity index (χ4n) is 6.43. The summed E-state index contributed by atoms with van der Waals surface area (Å²) in [5.74, 6) is -6.65. The highest BCUT2D eigenvalue weighted by atomic mass is 16.3. The number of benzene rings is 2. The highest BCUT2D eigenvalue weighted by Gasteiger charge is 2.38. The number of likely N-dealkylation sites (N-methyl/N-ethyl adjacent to an activating group) is 2. The first kappa shape index (κ1) is 47.5. The number of hydrogen-bond donors (Lipinski definition) is 7. The average molecular weight is 821 g/mol. The third-order valence-corrected chi connectivity index (χ3v) is 10.6. The maximum absolute atomic E-state index is 14.4. The van der Waals surface area contributed by atoms with Gasteiger partial charge in [-0.05, 0) is 29.9 Å². The zero-order chi connectivity index (χ0) is 43.8. The second kappa shape index (κ2) is 22.9. The van der Waals surface area contributed by atoms with E-state index in [0.29, 0.717) is 24.0 Å². The maximum Gasteiger partial charge on any atom is 0.245 e. The summed E-state index contributed by atoms with van der Waals surface area (Å²) in [5.41, 5.74) is 1.41. The Labute approximate surface area is 345 Å². The minimum Gasteiger partial charge on any atom is -0.391 e. The van der Waals surface area contributed by atoms with Crippen LogP contribution in [0.4, 0.5) is 0 Å². The Hall–Kier alpha value is -5.84. The van der Waals surface area contributed by atoms with Crippen LogP contribution in [0.25, 0.3) is 0 Å². The molecule has 1 heterocycles. The summed E-state index contributed by atoms with van der Waals surface area (Å²) in [6.45, 7) is 6.75. The van der Waals surface area contributed by atoms with E-state index in [1.54, 1.807) is 81.4 Å². The van der Waals surface area contributed by atoms with Crippen LogP contribution in [-0.2, 0) is 51.2 Å². The summed E-state index contributed by atoms with van der Waals surface area (Å²) in [6, 6.07) is 11.5. The zero-order valence-electron chi connectivity index (χ0n) is 34.9. The molecule has 322 valence electrons. The van der Waals surface area contributed by atoms with Gasteiger partial charge in [0.1, 0.15) is 30.2 Å². The second-order valence-corrected chi connectivity index (χ2v) is 15.2. The summed E-state index contributed by atoms with van der Waals surface area (Å²) in [4.78, 5) is 111. The molecule has 17 nitrogen and oxygen atoms in total. The molecular formula is C42H60N8O9. The Morgan fingerprint density at radius 2 is 1.12 bits per heavy atom. The third kappa shape index (κ3) is 14.2. The van der Waals surface area contributed by atoms with Crippen molar-refractivity contribution in [3.05, 3.63) is 71.8 Å². The molecule has 2 aromatic carbocycles. The van der Waals surface area contributed by atoms with Gasteiger partial charge in [-0.1, -0.05) is 101 Å². The summed E-state index contributed by atoms with van der Waals surface area (Å²) >= 11 is 0. The maximum atomic E-state index is 14.4. The van der Waals surface area contributed by atoms with E-state index < -0.39 is 115 Å². The standard InChI is InChI=1S/C42H60N8O9/c1-8-25(3)35-40(57)48-36(26(4)9-2)42(59)50(7)31(21-29-18-14-11-15-19-29)39(56)43-22-32(52)45-30(20-28-16-12-10-13-17-28)38(55)44-23-34(54)49(6)24-33(53)46-37(27(5)51)41(58)47-35/h10-19,25-27,30-31,35-37,51H,8-9,20-24H2,1-7H3,(H,43,56)(H,44,55)(H,45,52)(H,46,53)(H,47,58)(H,48,57)/t25-,26-,27+,30-,31-,35-,36-,37-/m0/s1. The van der Waals surface area contributed by atoms with Gasteiger partial charge in [0.2, 0.25) is 47.3 Å². The van der Waals surface area contributed by atoms with Crippen LogP contribution in [0.1, 0.15) is 58.6 Å². The van der Waals surface area contributed by atoms with E-state index in [-0.39, 0.29) is 12.8 Å². The lowest BCUT2D eigenvalue weighted by molar-refractivity contribution is -0.144. The number of nitrogens with zero attached hydrogens (tertiary/aromatic N) is 2. The zero-order valence-corrected chi connectivity index (χ0v) is 34.9. The van der Waals surface area contributed by atoms with E-state index in [4.69, 9.17) is 0 Å². The van der Waals surface area contributed by atoms with Gasteiger partial charge in [0.05, 0.1) is 25.7 Å². The number of amides is 8. The van der Waals surface area contributed by atoms with Gasteiger partial charge in [-0.25, -0.2) is 0 Å². The van der Waals surface area contributed by atoms with Crippen molar-refractivity contribution in [3.63, 3.8) is 0 Å². The molecule has 0 aliphatic carbocycles. The Morgan fingerprint density at radius 3 is 1.68 bits per heavy atom. The van der Waals surface area contributed by atoms with Crippen molar-refractivity contribution in [1.82, 2.24) is 41.7 Å². The van der Waals surface area contributed by atoms with Crippen molar-refractivity contribution in [2.24, 2.45) is 11.8 Å². The Morgan fingerprint density at radius 1 is 0.610 bits per heavy atom. The molecule has 0 radical (unpaired) electrons. The molecule has 0 saturated carbocycles. The molecule has 7 N–H and O–H groups in total. The number of carbonyl (C=O) groups excluding carboxylic acids is 8. The highest BCUT2D eigenvalue weighted by Crippen LogP contribution is 2.17. The average Bonchev–Trinajstić information content (AvgIpc) is 3.22. The molecule has 2 aromatic rings. The van der Waals surface area contributed by atoms with Crippen molar-refractivity contribution in [2.45, 2.75) is 96.6 Å². The normalized spacial score (nSPS) is 24.3. The molecular weight excluding hydrogens is 761 g/mol. The van der Waals surface area contributed by atoms with E-state index in [9.17, 15) is 43.5 Å². The van der Waals surface area contributed by atoms with E-state index >= 15 is 0 Å². The number of aliphatic hydroxyl groups excluding tert-OH is 1. The lowest BCUT2D eigenvalue weighted by atomic mass is 9.93. The van der Waals surface area contributed by atoms with E-state index in [1.165, 1.54) is 25.9 Å². The summed E-state index contributed by atoms with van der Waals surface area (Å²) in [7, 11) is 2.74. The lowest BCUT2D eigenvalue weighted by Gasteiger charge is -2.34. The second-order valence-electron chi connectivity index (χ2n) is 15.2. The highest BCUT2D eigenvalue weighted by molar-refractivity contribution is 5.97. The van der Waals surface area contributed by atoms with Gasteiger partial charge in [0.15, 0.2) is 0 Å². The molecule has 59 heavy (non-hydrogen) atoms. The number of carbonyl (C=O) groups is 8. The Bertz CT molecular complexity index is 1780. The molecule has 8 atom stereocenters. The number of rotatable bonds is 9. The molecule has 8 amide bonds. The van der Waals surface area contributed by atoms with Crippen molar-refractivity contribution < 1.29 is 43.5 Å². The first-order chi connectivity index (χ1) is 28.0. The molecule has 1 saturated heterocycles. The fourth-order valence-corrected chi connectivity index (χ4v) is 6.43. The predicted molar refractivity (Wildman–Crippen MR) is 219 cm³/mol. The fraction of sp³-hybridized carbons (Fsp3) is 0.524. The SMILES string of the molecule is CC[C@H](C)[C@@H]1NC(=O)[C@H]([C@@H](C)O)NC(=O)CN(C)C(=O)CNC(=O)[C@H](Cc2ccccc2)NC(=O)CNC(=O)[C@H](Cc2ccccc2)N(C)C(=O)[C@H]([C@@H](C)CC)NC1=O. The molecule has 0 spiro atoms. The summed E-state index contributed by atoms with van der Waals surface area (Å²) in [5, 5.41) is 26.2. The predicted octanol–water partition coefficient (Wildman–Crippen LogP) is -0.585. The van der Waals surface area contributed by atoms with Crippen LogP contribution in [0.2, 0.25) is 0 Å². The first-order valence-corrected chi connectivity index (χ1v) is 20.0. The van der Waals surface area contributed by atoms with Gasteiger partial charge in [-0.3, -0.25) is 38.4 Å². The lowest BCUT2D eigenvalue weighted by Crippen LogP contribution is -2.62. The van der Waals surface area contributed by atoms with Crippen LogP contribution in [0.5, 0.6) is 0 Å². The quantitative estimate of drug-likeness (QED) is 0.171. The van der Waals surface area contributed by atoms with Gasteiger partial charge >= 0.3 is 0 Å². The van der Waals surface area contributed by atoms with Gasteiger partial charge in [-0.15, -0.1) is 0 Å².